The first-order valence-electron chi connectivity index (χ1n) is 10.1. The van der Waals surface area contributed by atoms with Crippen molar-refractivity contribution in [1.29, 1.82) is 0 Å². The molecular formula is C23H20ClN3O7. The van der Waals surface area contributed by atoms with Crippen LogP contribution in [0.25, 0.3) is 0 Å². The number of oxime groups is 1. The smallest absolute Gasteiger partial charge is 0.269 e. The van der Waals surface area contributed by atoms with Crippen LogP contribution in [0.5, 0.6) is 11.5 Å². The first-order valence-corrected chi connectivity index (χ1v) is 10.5. The average molecular weight is 486 g/mol. The molecule has 0 atom stereocenters. The highest BCUT2D eigenvalue weighted by atomic mass is 35.5. The van der Waals surface area contributed by atoms with Gasteiger partial charge in [-0.05, 0) is 42.3 Å². The van der Waals surface area contributed by atoms with E-state index in [1.165, 1.54) is 30.5 Å². The number of halogens is 1. The minimum Gasteiger partial charge on any atom is -0.490 e. The third kappa shape index (κ3) is 6.66. The van der Waals surface area contributed by atoms with Crippen molar-refractivity contribution in [2.24, 2.45) is 5.16 Å². The van der Waals surface area contributed by atoms with E-state index in [9.17, 15) is 20.2 Å². The van der Waals surface area contributed by atoms with Crippen molar-refractivity contribution in [3.63, 3.8) is 0 Å². The van der Waals surface area contributed by atoms with E-state index in [0.717, 1.165) is 5.56 Å². The van der Waals surface area contributed by atoms with Crippen LogP contribution in [0.4, 0.5) is 11.4 Å². The van der Waals surface area contributed by atoms with E-state index in [2.05, 4.69) is 5.16 Å². The number of non-ortho nitro benzene ring substituents is 2. The highest BCUT2D eigenvalue weighted by Gasteiger charge is 2.13. The maximum atomic E-state index is 10.9. The number of benzene rings is 3. The monoisotopic (exact) mass is 485 g/mol. The highest BCUT2D eigenvalue weighted by molar-refractivity contribution is 6.32. The maximum absolute atomic E-state index is 10.9. The van der Waals surface area contributed by atoms with Gasteiger partial charge in [-0.15, -0.1) is 0 Å². The molecule has 0 amide bonds. The van der Waals surface area contributed by atoms with Crippen LogP contribution in [-0.4, -0.2) is 22.7 Å². The predicted octanol–water partition coefficient (Wildman–Crippen LogP) is 5.68. The summed E-state index contributed by atoms with van der Waals surface area (Å²) in [5.74, 6) is 0.730. The molecule has 0 radical (unpaired) electrons. The average Bonchev–Trinajstić information content (AvgIpc) is 2.82. The number of nitrogens with zero attached hydrogens (tertiary/aromatic N) is 3. The van der Waals surface area contributed by atoms with Crippen LogP contribution >= 0.6 is 11.6 Å². The second-order valence-electron chi connectivity index (χ2n) is 6.91. The molecule has 0 N–H and O–H groups in total. The van der Waals surface area contributed by atoms with Gasteiger partial charge in [-0.25, -0.2) is 0 Å². The molecule has 0 fully saturated rings. The lowest BCUT2D eigenvalue weighted by Gasteiger charge is -2.14. The second-order valence-corrected chi connectivity index (χ2v) is 7.32. The molecule has 10 nitrogen and oxygen atoms in total. The van der Waals surface area contributed by atoms with Gasteiger partial charge in [0, 0.05) is 29.8 Å². The minimum absolute atomic E-state index is 0.00636. The Hall–Kier alpha value is -4.18. The summed E-state index contributed by atoms with van der Waals surface area (Å²) in [5.41, 5.74) is 1.89. The molecule has 34 heavy (non-hydrogen) atoms. The quantitative estimate of drug-likeness (QED) is 0.194. The van der Waals surface area contributed by atoms with Gasteiger partial charge in [0.25, 0.3) is 11.4 Å². The summed E-state index contributed by atoms with van der Waals surface area (Å²) in [6.45, 7) is 2.38. The fourth-order valence-corrected chi connectivity index (χ4v) is 3.18. The lowest BCUT2D eigenvalue weighted by Crippen LogP contribution is -2.01. The zero-order valence-corrected chi connectivity index (χ0v) is 18.8. The molecule has 3 aromatic rings. The van der Waals surface area contributed by atoms with Crippen molar-refractivity contribution < 1.29 is 24.2 Å². The predicted molar refractivity (Wildman–Crippen MR) is 126 cm³/mol. The van der Waals surface area contributed by atoms with E-state index in [-0.39, 0.29) is 29.6 Å². The van der Waals surface area contributed by atoms with Gasteiger partial charge in [-0.3, -0.25) is 20.2 Å². The number of hydrogen-bond acceptors (Lipinski definition) is 8. The van der Waals surface area contributed by atoms with Crippen LogP contribution in [0, 0.1) is 20.2 Å². The Morgan fingerprint density at radius 1 is 0.912 bits per heavy atom. The Bertz CT molecular complexity index is 1200. The fourth-order valence-electron chi connectivity index (χ4n) is 2.90. The van der Waals surface area contributed by atoms with Crippen molar-refractivity contribution in [3.8, 4) is 11.5 Å². The number of hydrogen-bond donors (Lipinski definition) is 0. The summed E-state index contributed by atoms with van der Waals surface area (Å²) >= 11 is 6.40. The first kappa shape index (κ1) is 24.5. The summed E-state index contributed by atoms with van der Waals surface area (Å²) in [5, 5.41) is 25.8. The summed E-state index contributed by atoms with van der Waals surface area (Å²) in [7, 11) is 0. The molecule has 0 saturated carbocycles. The van der Waals surface area contributed by atoms with Gasteiger partial charge in [-0.2, -0.15) is 0 Å². The molecule has 0 spiro atoms. The molecule has 176 valence electrons. The van der Waals surface area contributed by atoms with E-state index < -0.39 is 9.85 Å². The van der Waals surface area contributed by atoms with Crippen molar-refractivity contribution in [2.75, 3.05) is 6.61 Å². The van der Waals surface area contributed by atoms with Gasteiger partial charge >= 0.3 is 0 Å². The molecule has 3 aromatic carbocycles. The topological polar surface area (TPSA) is 126 Å². The van der Waals surface area contributed by atoms with Gasteiger partial charge in [-0.1, -0.05) is 28.9 Å². The molecule has 0 aliphatic heterocycles. The molecular weight excluding hydrogens is 466 g/mol. The van der Waals surface area contributed by atoms with Crippen LogP contribution in [0.2, 0.25) is 5.02 Å². The molecule has 0 saturated heterocycles. The van der Waals surface area contributed by atoms with Crippen LogP contribution in [0.3, 0.4) is 0 Å². The standard InChI is InChI=1S/C23H20ClN3O7/c1-2-32-22-12-18(13-25-34-15-17-4-3-5-20(10-17)27(30)31)11-21(24)23(22)33-14-16-6-8-19(9-7-16)26(28)29/h3-13H,2,14-15H2,1H3/b25-13-. The van der Waals surface area contributed by atoms with E-state index in [1.54, 1.807) is 36.4 Å². The Morgan fingerprint density at radius 2 is 1.65 bits per heavy atom. The van der Waals surface area contributed by atoms with Crippen LogP contribution in [-0.2, 0) is 18.1 Å². The fraction of sp³-hybridized carbons (Fsp3) is 0.174. The Balaban J connectivity index is 1.67. The van der Waals surface area contributed by atoms with Crippen molar-refractivity contribution >= 4 is 29.2 Å². The number of nitro benzene ring substituents is 2. The van der Waals surface area contributed by atoms with Crippen molar-refractivity contribution in [2.45, 2.75) is 20.1 Å². The summed E-state index contributed by atoms with van der Waals surface area (Å²) in [4.78, 5) is 25.9. The van der Waals surface area contributed by atoms with E-state index in [1.807, 2.05) is 6.92 Å². The summed E-state index contributed by atoms with van der Waals surface area (Å²) in [6, 6.07) is 15.4. The van der Waals surface area contributed by atoms with Crippen molar-refractivity contribution in [3.05, 3.63) is 103 Å². The van der Waals surface area contributed by atoms with Gasteiger partial charge < -0.3 is 14.3 Å². The number of rotatable bonds is 11. The Kier molecular flexibility index (Phi) is 8.36. The van der Waals surface area contributed by atoms with Gasteiger partial charge in [0.15, 0.2) is 11.5 Å². The molecule has 0 aliphatic carbocycles. The third-order valence-corrected chi connectivity index (χ3v) is 4.77. The van der Waals surface area contributed by atoms with E-state index >= 15 is 0 Å². The van der Waals surface area contributed by atoms with E-state index in [4.69, 9.17) is 25.9 Å². The van der Waals surface area contributed by atoms with Crippen LogP contribution in [0.15, 0.2) is 65.8 Å². The Labute approximate surface area is 199 Å². The molecule has 0 heterocycles. The SMILES string of the molecule is CCOc1cc(/C=N\OCc2cccc([N+](=O)[O-])c2)cc(Cl)c1OCc1ccc([N+](=O)[O-])cc1. The number of nitro groups is 2. The van der Waals surface area contributed by atoms with Gasteiger partial charge in [0.05, 0.1) is 27.7 Å². The second kappa shape index (κ2) is 11.6. The highest BCUT2D eigenvalue weighted by Crippen LogP contribution is 2.37. The normalized spacial score (nSPS) is 10.8. The van der Waals surface area contributed by atoms with Gasteiger partial charge in [0.1, 0.15) is 13.2 Å². The van der Waals surface area contributed by atoms with Gasteiger partial charge in [0.2, 0.25) is 0 Å². The molecule has 11 heteroatoms. The van der Waals surface area contributed by atoms with E-state index in [0.29, 0.717) is 29.2 Å². The maximum Gasteiger partial charge on any atom is 0.269 e. The molecule has 0 aliphatic rings. The Morgan fingerprint density at radius 3 is 2.32 bits per heavy atom. The largest absolute Gasteiger partial charge is 0.490 e. The zero-order valence-electron chi connectivity index (χ0n) is 18.0. The molecule has 3 rings (SSSR count). The van der Waals surface area contributed by atoms with Crippen LogP contribution < -0.4 is 9.47 Å². The summed E-state index contributed by atoms with van der Waals surface area (Å²) < 4.78 is 11.5. The molecule has 0 aromatic heterocycles. The first-order chi connectivity index (χ1) is 16.4. The number of ether oxygens (including phenoxy) is 2. The van der Waals surface area contributed by atoms with Crippen LogP contribution in [0.1, 0.15) is 23.6 Å². The third-order valence-electron chi connectivity index (χ3n) is 4.49. The lowest BCUT2D eigenvalue weighted by atomic mass is 10.2. The van der Waals surface area contributed by atoms with Crippen molar-refractivity contribution in [1.82, 2.24) is 0 Å². The molecule has 0 unspecified atom stereocenters. The zero-order chi connectivity index (χ0) is 24.5. The molecule has 0 bridgehead atoms. The minimum atomic E-state index is -0.477. The summed E-state index contributed by atoms with van der Waals surface area (Å²) in [6.07, 6.45) is 1.44. The lowest BCUT2D eigenvalue weighted by molar-refractivity contribution is -0.385.